The van der Waals surface area contributed by atoms with Crippen LogP contribution >= 0.6 is 12.4 Å². The molecule has 1 aliphatic rings. The molecule has 1 heterocycles. The highest BCUT2D eigenvalue weighted by Crippen LogP contribution is 2.30. The number of aromatic nitrogens is 2. The van der Waals surface area contributed by atoms with E-state index in [2.05, 4.69) is 10.4 Å². The Hall–Kier alpha value is -1.85. The highest BCUT2D eigenvalue weighted by molar-refractivity contribution is 5.85. The summed E-state index contributed by atoms with van der Waals surface area (Å²) in [5.41, 5.74) is 7.77. The molecule has 1 aromatic heterocycles. The second-order valence-electron chi connectivity index (χ2n) is 6.16. The van der Waals surface area contributed by atoms with Gasteiger partial charge in [-0.3, -0.25) is 4.79 Å². The third-order valence-corrected chi connectivity index (χ3v) is 4.64. The van der Waals surface area contributed by atoms with E-state index in [1.165, 1.54) is 0 Å². The van der Waals surface area contributed by atoms with Gasteiger partial charge >= 0.3 is 0 Å². The number of hydrogen-bond acceptors (Lipinski definition) is 3. The van der Waals surface area contributed by atoms with Gasteiger partial charge in [0.05, 0.1) is 11.4 Å². The van der Waals surface area contributed by atoms with Crippen molar-refractivity contribution in [2.45, 2.75) is 25.7 Å². The molecule has 6 heteroatoms. The van der Waals surface area contributed by atoms with Crippen LogP contribution in [0.15, 0.2) is 42.6 Å². The Balaban J connectivity index is 0.00000208. The monoisotopic (exact) mass is 348 g/mol. The first-order valence-electron chi connectivity index (χ1n) is 8.35. The molecule has 1 saturated carbocycles. The third-order valence-electron chi connectivity index (χ3n) is 4.64. The molecule has 3 rings (SSSR count). The van der Waals surface area contributed by atoms with Crippen molar-refractivity contribution in [1.82, 2.24) is 15.1 Å². The van der Waals surface area contributed by atoms with E-state index in [-0.39, 0.29) is 24.2 Å². The van der Waals surface area contributed by atoms with Crippen LogP contribution in [0.5, 0.6) is 0 Å². The molecule has 1 aromatic carbocycles. The summed E-state index contributed by atoms with van der Waals surface area (Å²) in [6.45, 7) is 1.23. The molecule has 130 valence electrons. The number of hydrogen-bond donors (Lipinski definition) is 2. The maximum Gasteiger partial charge on any atom is 0.223 e. The number of carbonyl (C=O) groups is 1. The summed E-state index contributed by atoms with van der Waals surface area (Å²) in [7, 11) is 0. The Labute approximate surface area is 149 Å². The summed E-state index contributed by atoms with van der Waals surface area (Å²) in [5.74, 6) is 0.606. The van der Waals surface area contributed by atoms with Crippen LogP contribution in [0.2, 0.25) is 0 Å². The van der Waals surface area contributed by atoms with Crippen molar-refractivity contribution in [3.05, 3.63) is 48.3 Å². The number of halogens is 1. The molecule has 24 heavy (non-hydrogen) atoms. The molecule has 0 radical (unpaired) electrons. The van der Waals surface area contributed by atoms with Gasteiger partial charge in [-0.2, -0.15) is 5.10 Å². The van der Waals surface area contributed by atoms with Crippen molar-refractivity contribution in [1.29, 1.82) is 0 Å². The summed E-state index contributed by atoms with van der Waals surface area (Å²) in [4.78, 5) is 12.2. The van der Waals surface area contributed by atoms with E-state index in [1.54, 1.807) is 0 Å². The van der Waals surface area contributed by atoms with Gasteiger partial charge in [-0.05, 0) is 43.5 Å². The van der Waals surface area contributed by atoms with Gasteiger partial charge in [0, 0.05) is 25.1 Å². The zero-order valence-electron chi connectivity index (χ0n) is 13.7. The van der Waals surface area contributed by atoms with Crippen LogP contribution in [0.25, 0.3) is 5.69 Å². The second-order valence-corrected chi connectivity index (χ2v) is 6.16. The van der Waals surface area contributed by atoms with E-state index in [1.807, 2.05) is 47.3 Å². The molecule has 3 N–H and O–H groups in total. The average molecular weight is 349 g/mol. The highest BCUT2D eigenvalue weighted by Gasteiger charge is 2.31. The topological polar surface area (TPSA) is 72.9 Å². The van der Waals surface area contributed by atoms with E-state index in [9.17, 15) is 4.79 Å². The largest absolute Gasteiger partial charge is 0.355 e. The fourth-order valence-electron chi connectivity index (χ4n) is 3.33. The Morgan fingerprint density at radius 2 is 2.04 bits per heavy atom. The van der Waals surface area contributed by atoms with Crippen molar-refractivity contribution in [3.63, 3.8) is 0 Å². The molecular weight excluding hydrogens is 324 g/mol. The Morgan fingerprint density at radius 1 is 1.25 bits per heavy atom. The fraction of sp³-hybridized carbons (Fsp3) is 0.444. The summed E-state index contributed by atoms with van der Waals surface area (Å²) >= 11 is 0. The molecule has 0 bridgehead atoms. The smallest absolute Gasteiger partial charge is 0.223 e. The van der Waals surface area contributed by atoms with Crippen LogP contribution in [0.3, 0.4) is 0 Å². The summed E-state index contributed by atoms with van der Waals surface area (Å²) in [5, 5.41) is 7.59. The summed E-state index contributed by atoms with van der Waals surface area (Å²) in [6, 6.07) is 12.0. The fourth-order valence-corrected chi connectivity index (χ4v) is 3.33. The number of rotatable bonds is 6. The first-order valence-corrected chi connectivity index (χ1v) is 8.35. The van der Waals surface area contributed by atoms with E-state index < -0.39 is 0 Å². The lowest BCUT2D eigenvalue weighted by atomic mass is 9.95. The molecular formula is C18H25ClN4O. The van der Waals surface area contributed by atoms with Crippen LogP contribution < -0.4 is 11.1 Å². The van der Waals surface area contributed by atoms with Gasteiger partial charge in [0.25, 0.3) is 0 Å². The molecule has 2 atom stereocenters. The van der Waals surface area contributed by atoms with Gasteiger partial charge in [-0.1, -0.05) is 24.6 Å². The van der Waals surface area contributed by atoms with Crippen LogP contribution in [-0.4, -0.2) is 28.8 Å². The predicted molar refractivity (Wildman–Crippen MR) is 97.4 cm³/mol. The number of nitrogens with one attached hydrogen (secondary N) is 1. The van der Waals surface area contributed by atoms with Gasteiger partial charge in [0.2, 0.25) is 5.91 Å². The van der Waals surface area contributed by atoms with E-state index >= 15 is 0 Å². The first-order chi connectivity index (χ1) is 11.3. The summed E-state index contributed by atoms with van der Waals surface area (Å²) < 4.78 is 1.86. The molecule has 0 aliphatic heterocycles. The van der Waals surface area contributed by atoms with E-state index in [0.717, 1.165) is 37.1 Å². The lowest BCUT2D eigenvalue weighted by Gasteiger charge is -2.17. The van der Waals surface area contributed by atoms with Crippen molar-refractivity contribution in [3.8, 4) is 5.69 Å². The third kappa shape index (κ3) is 4.36. The molecule has 0 unspecified atom stereocenters. The van der Waals surface area contributed by atoms with Gasteiger partial charge in [0.1, 0.15) is 0 Å². The minimum absolute atomic E-state index is 0. The molecule has 5 nitrogen and oxygen atoms in total. The van der Waals surface area contributed by atoms with Gasteiger partial charge in [-0.25, -0.2) is 4.68 Å². The first kappa shape index (κ1) is 18.5. The quantitative estimate of drug-likeness (QED) is 0.841. The zero-order chi connectivity index (χ0) is 16.1. The lowest BCUT2D eigenvalue weighted by Crippen LogP contribution is -2.36. The second kappa shape index (κ2) is 8.85. The van der Waals surface area contributed by atoms with Crippen molar-refractivity contribution < 1.29 is 4.79 Å². The maximum atomic E-state index is 12.2. The average Bonchev–Trinajstić information content (AvgIpc) is 3.24. The normalized spacial score (nSPS) is 19.7. The minimum Gasteiger partial charge on any atom is -0.355 e. The predicted octanol–water partition coefficient (Wildman–Crippen LogP) is 2.33. The zero-order valence-corrected chi connectivity index (χ0v) is 14.5. The number of amides is 1. The SMILES string of the molecule is Cl.NC[C@H]1CCC[C@H]1C(=O)NCCc1ccn(-c2ccccc2)n1. The molecule has 1 fully saturated rings. The lowest BCUT2D eigenvalue weighted by molar-refractivity contribution is -0.125. The van der Waals surface area contributed by atoms with Crippen LogP contribution in [0.4, 0.5) is 0 Å². The molecule has 0 spiro atoms. The number of nitrogens with two attached hydrogens (primary N) is 1. The maximum absolute atomic E-state index is 12.2. The minimum atomic E-state index is 0. The molecule has 0 saturated heterocycles. The van der Waals surface area contributed by atoms with Gasteiger partial charge < -0.3 is 11.1 Å². The van der Waals surface area contributed by atoms with Crippen molar-refractivity contribution in [2.75, 3.05) is 13.1 Å². The number of para-hydroxylation sites is 1. The Morgan fingerprint density at radius 3 is 2.79 bits per heavy atom. The molecule has 2 aromatic rings. The summed E-state index contributed by atoms with van der Waals surface area (Å²) in [6.07, 6.45) is 5.85. The van der Waals surface area contributed by atoms with Crippen molar-refractivity contribution >= 4 is 18.3 Å². The molecule has 1 amide bonds. The number of carbonyl (C=O) groups excluding carboxylic acids is 1. The van der Waals surface area contributed by atoms with E-state index in [4.69, 9.17) is 5.73 Å². The molecule has 1 aliphatic carbocycles. The van der Waals surface area contributed by atoms with Crippen LogP contribution in [0.1, 0.15) is 25.0 Å². The standard InChI is InChI=1S/C18H24N4O.ClH/c19-13-14-5-4-8-17(14)18(23)20-11-9-15-10-12-22(21-15)16-6-2-1-3-7-16;/h1-3,6-7,10,12,14,17H,4-5,8-9,11,13,19H2,(H,20,23);1H/t14-,17-;/m1./s1. The number of nitrogens with zero attached hydrogens (tertiary/aromatic N) is 2. The van der Waals surface area contributed by atoms with Crippen LogP contribution in [-0.2, 0) is 11.2 Å². The van der Waals surface area contributed by atoms with E-state index in [0.29, 0.717) is 19.0 Å². The Bertz CT molecular complexity index is 643. The van der Waals surface area contributed by atoms with Crippen LogP contribution in [0, 0.1) is 11.8 Å². The highest BCUT2D eigenvalue weighted by atomic mass is 35.5. The Kier molecular flexibility index (Phi) is 6.82. The number of benzene rings is 1. The van der Waals surface area contributed by atoms with Gasteiger partial charge in [0.15, 0.2) is 0 Å². The van der Waals surface area contributed by atoms with Crippen molar-refractivity contribution in [2.24, 2.45) is 17.6 Å². The van der Waals surface area contributed by atoms with Gasteiger partial charge in [-0.15, -0.1) is 12.4 Å².